The number of carbonyl (C=O) groups excluding carboxylic acids is 2. The van der Waals surface area contributed by atoms with E-state index in [1.165, 1.54) is 53.4 Å². The lowest BCUT2D eigenvalue weighted by atomic mass is 9.98. The predicted molar refractivity (Wildman–Crippen MR) is 127 cm³/mol. The van der Waals surface area contributed by atoms with Crippen LogP contribution in [0.2, 0.25) is 0 Å². The van der Waals surface area contributed by atoms with E-state index >= 15 is 0 Å². The van der Waals surface area contributed by atoms with Gasteiger partial charge in [-0.2, -0.15) is 9.30 Å². The number of esters is 1. The van der Waals surface area contributed by atoms with Crippen molar-refractivity contribution in [1.82, 2.24) is 8.87 Å². The number of nitrogens with zero attached hydrogens (tertiary/aromatic N) is 3. The van der Waals surface area contributed by atoms with Crippen molar-refractivity contribution in [2.24, 2.45) is 10.9 Å². The number of hydrogen-bond donors (Lipinski definition) is 0. The molecule has 0 unspecified atom stereocenters. The summed E-state index contributed by atoms with van der Waals surface area (Å²) in [7, 11) is -0.932. The highest BCUT2D eigenvalue weighted by Gasteiger charge is 2.32. The van der Waals surface area contributed by atoms with Crippen LogP contribution in [-0.2, 0) is 30.9 Å². The fourth-order valence-corrected chi connectivity index (χ4v) is 6.43. The van der Waals surface area contributed by atoms with Crippen molar-refractivity contribution in [3.63, 3.8) is 0 Å². The maximum absolute atomic E-state index is 13.7. The first-order chi connectivity index (χ1) is 16.7. The lowest BCUT2D eigenvalue weighted by Gasteiger charge is -2.29. The minimum Gasteiger partial charge on any atom is -0.497 e. The number of methoxy groups -OCH3 is 2. The van der Waals surface area contributed by atoms with Crippen LogP contribution in [0.15, 0.2) is 52.4 Å². The number of benzene rings is 2. The average Bonchev–Trinajstić information content (AvgIpc) is 3.19. The molecular weight excluding hydrogens is 497 g/mol. The third-order valence-electron chi connectivity index (χ3n) is 5.87. The number of thiazole rings is 1. The Morgan fingerprint density at radius 3 is 2.43 bits per heavy atom. The second-order valence-corrected chi connectivity index (χ2v) is 10.9. The van der Waals surface area contributed by atoms with E-state index in [-0.39, 0.29) is 29.3 Å². The molecule has 0 aliphatic carbocycles. The SMILES string of the molecule is COC(=O)Cn1c(=NC(=O)C2CCN(S(=O)(=O)c3ccc(OC)cc3)CC2)sc2cc(F)ccc21. The van der Waals surface area contributed by atoms with Gasteiger partial charge in [0, 0.05) is 19.0 Å². The van der Waals surface area contributed by atoms with Crippen LogP contribution in [0.5, 0.6) is 5.75 Å². The Kier molecular flexibility index (Phi) is 7.33. The van der Waals surface area contributed by atoms with Crippen molar-refractivity contribution in [2.45, 2.75) is 24.3 Å². The van der Waals surface area contributed by atoms with Gasteiger partial charge in [-0.25, -0.2) is 12.8 Å². The van der Waals surface area contributed by atoms with Crippen LogP contribution in [0.4, 0.5) is 4.39 Å². The highest BCUT2D eigenvalue weighted by Crippen LogP contribution is 2.26. The maximum atomic E-state index is 13.7. The third-order valence-corrected chi connectivity index (χ3v) is 8.82. The summed E-state index contributed by atoms with van der Waals surface area (Å²) < 4.78 is 52.9. The van der Waals surface area contributed by atoms with E-state index in [0.29, 0.717) is 28.8 Å². The van der Waals surface area contributed by atoms with Crippen LogP contribution in [0.25, 0.3) is 10.2 Å². The lowest BCUT2D eigenvalue weighted by molar-refractivity contribution is -0.141. The summed E-state index contributed by atoms with van der Waals surface area (Å²) in [6.45, 7) is 0.187. The van der Waals surface area contributed by atoms with Crippen molar-refractivity contribution in [2.75, 3.05) is 27.3 Å². The number of halogens is 1. The predicted octanol–water partition coefficient (Wildman–Crippen LogP) is 2.55. The minimum absolute atomic E-state index is 0.161. The van der Waals surface area contributed by atoms with E-state index in [4.69, 9.17) is 9.47 Å². The number of sulfonamides is 1. The summed E-state index contributed by atoms with van der Waals surface area (Å²) in [4.78, 5) is 29.5. The lowest BCUT2D eigenvalue weighted by Crippen LogP contribution is -2.40. The molecule has 1 saturated heterocycles. The summed E-state index contributed by atoms with van der Waals surface area (Å²) >= 11 is 1.10. The first kappa shape index (κ1) is 25.0. The molecule has 0 bridgehead atoms. The van der Waals surface area contributed by atoms with Gasteiger partial charge in [0.25, 0.3) is 5.91 Å². The van der Waals surface area contributed by atoms with Crippen LogP contribution < -0.4 is 9.54 Å². The molecule has 3 aromatic rings. The van der Waals surface area contributed by atoms with E-state index in [1.54, 1.807) is 12.1 Å². The molecular formula is C23H24FN3O6S2. The minimum atomic E-state index is -3.69. The van der Waals surface area contributed by atoms with Gasteiger partial charge in [-0.05, 0) is 55.3 Å². The summed E-state index contributed by atoms with van der Waals surface area (Å²) in [5.41, 5.74) is 0.564. The molecule has 1 aliphatic heterocycles. The summed E-state index contributed by atoms with van der Waals surface area (Å²) in [6, 6.07) is 10.3. The molecule has 1 fully saturated rings. The molecule has 35 heavy (non-hydrogen) atoms. The van der Waals surface area contributed by atoms with E-state index in [9.17, 15) is 22.4 Å². The first-order valence-electron chi connectivity index (χ1n) is 10.8. The smallest absolute Gasteiger partial charge is 0.325 e. The molecule has 9 nitrogen and oxygen atoms in total. The second-order valence-electron chi connectivity index (χ2n) is 7.96. The highest BCUT2D eigenvalue weighted by atomic mass is 32.2. The van der Waals surface area contributed by atoms with Gasteiger partial charge in [0.05, 0.1) is 29.3 Å². The largest absolute Gasteiger partial charge is 0.497 e. The first-order valence-corrected chi connectivity index (χ1v) is 13.1. The van der Waals surface area contributed by atoms with E-state index in [0.717, 1.165) is 11.3 Å². The van der Waals surface area contributed by atoms with Gasteiger partial charge in [0.1, 0.15) is 18.1 Å². The Labute approximate surface area is 205 Å². The highest BCUT2D eigenvalue weighted by molar-refractivity contribution is 7.89. The molecule has 0 spiro atoms. The van der Waals surface area contributed by atoms with Crippen LogP contribution in [-0.4, -0.2) is 56.5 Å². The Balaban J connectivity index is 1.53. The zero-order valence-electron chi connectivity index (χ0n) is 19.1. The number of amides is 1. The van der Waals surface area contributed by atoms with Gasteiger partial charge in [0.15, 0.2) is 4.80 Å². The number of ether oxygens (including phenoxy) is 2. The molecule has 0 saturated carbocycles. The standard InChI is InChI=1S/C23H24FN3O6S2/c1-32-17-4-6-18(7-5-17)35(30,31)26-11-9-15(10-12-26)22(29)25-23-27(14-21(28)33-2)19-8-3-16(24)13-20(19)34-23/h3-8,13,15H,9-12,14H2,1-2H3. The Morgan fingerprint density at radius 2 is 1.80 bits per heavy atom. The number of aromatic nitrogens is 1. The summed E-state index contributed by atoms with van der Waals surface area (Å²) in [6.07, 6.45) is 0.627. The van der Waals surface area contributed by atoms with Crippen molar-refractivity contribution in [3.8, 4) is 5.75 Å². The molecule has 1 amide bonds. The van der Waals surface area contributed by atoms with Crippen molar-refractivity contribution >= 4 is 43.5 Å². The van der Waals surface area contributed by atoms with Crippen molar-refractivity contribution < 1.29 is 31.9 Å². The summed E-state index contributed by atoms with van der Waals surface area (Å²) in [5.74, 6) is -1.28. The Hall–Kier alpha value is -3.09. The van der Waals surface area contributed by atoms with Crippen molar-refractivity contribution in [3.05, 3.63) is 53.1 Å². The molecule has 186 valence electrons. The molecule has 2 aromatic carbocycles. The van der Waals surface area contributed by atoms with Gasteiger partial charge in [-0.3, -0.25) is 9.59 Å². The van der Waals surface area contributed by atoms with Gasteiger partial charge in [-0.1, -0.05) is 11.3 Å². The van der Waals surface area contributed by atoms with Crippen molar-refractivity contribution in [1.29, 1.82) is 0 Å². The molecule has 2 heterocycles. The van der Waals surface area contributed by atoms with E-state index in [2.05, 4.69) is 4.99 Å². The molecule has 1 aliphatic rings. The van der Waals surface area contributed by atoms with Crippen LogP contribution in [0.1, 0.15) is 12.8 Å². The van der Waals surface area contributed by atoms with E-state index in [1.807, 2.05) is 0 Å². The van der Waals surface area contributed by atoms with Crippen LogP contribution in [0, 0.1) is 11.7 Å². The van der Waals surface area contributed by atoms with Gasteiger partial charge >= 0.3 is 5.97 Å². The van der Waals surface area contributed by atoms with Crippen LogP contribution in [0.3, 0.4) is 0 Å². The second kappa shape index (κ2) is 10.3. The number of fused-ring (bicyclic) bond motifs is 1. The number of hydrogen-bond acceptors (Lipinski definition) is 7. The normalized spacial score (nSPS) is 15.9. The molecule has 0 radical (unpaired) electrons. The number of piperidine rings is 1. The van der Waals surface area contributed by atoms with Crippen LogP contribution >= 0.6 is 11.3 Å². The topological polar surface area (TPSA) is 107 Å². The quantitative estimate of drug-likeness (QED) is 0.462. The third kappa shape index (κ3) is 5.29. The fourth-order valence-electron chi connectivity index (χ4n) is 3.90. The van der Waals surface area contributed by atoms with Gasteiger partial charge < -0.3 is 14.0 Å². The Morgan fingerprint density at radius 1 is 1.11 bits per heavy atom. The number of carbonyl (C=O) groups is 2. The molecule has 1 aromatic heterocycles. The molecule has 0 N–H and O–H groups in total. The molecule has 12 heteroatoms. The zero-order valence-corrected chi connectivity index (χ0v) is 20.8. The van der Waals surface area contributed by atoms with Gasteiger partial charge in [-0.15, -0.1) is 0 Å². The average molecular weight is 522 g/mol. The Bertz CT molecular complexity index is 1420. The van der Waals surface area contributed by atoms with Gasteiger partial charge in [0.2, 0.25) is 10.0 Å². The fraction of sp³-hybridized carbons (Fsp3) is 0.348. The number of rotatable bonds is 6. The zero-order chi connectivity index (χ0) is 25.2. The summed E-state index contributed by atoms with van der Waals surface area (Å²) in [5, 5.41) is 0. The van der Waals surface area contributed by atoms with E-state index < -0.39 is 33.6 Å². The maximum Gasteiger partial charge on any atom is 0.325 e. The molecule has 4 rings (SSSR count). The monoisotopic (exact) mass is 521 g/mol. The molecule has 0 atom stereocenters.